The lowest BCUT2D eigenvalue weighted by Gasteiger charge is -2.03. The molecule has 1 aromatic rings. The van der Waals surface area contributed by atoms with Crippen LogP contribution in [-0.4, -0.2) is 26.9 Å². The molecule has 0 spiro atoms. The van der Waals surface area contributed by atoms with E-state index in [1.807, 2.05) is 30.3 Å². The molecule has 1 rings (SSSR count). The second-order valence-electron chi connectivity index (χ2n) is 3.38. The van der Waals surface area contributed by atoms with Gasteiger partial charge in [-0.1, -0.05) is 0 Å². The molecule has 0 unspecified atom stereocenters. The van der Waals surface area contributed by atoms with Crippen LogP contribution >= 0.6 is 11.8 Å². The lowest BCUT2D eigenvalue weighted by atomic mass is 10.2. The largest absolute Gasteiger partial charge is 0.392 e. The van der Waals surface area contributed by atoms with Crippen LogP contribution in [0, 0.1) is 13.8 Å². The summed E-state index contributed by atoms with van der Waals surface area (Å²) in [6.45, 7) is 5.02. The van der Waals surface area contributed by atoms with E-state index in [9.17, 15) is 0 Å². The lowest BCUT2D eigenvalue weighted by molar-refractivity contribution is 0.280. The fraction of sp³-hybridized carbons (Fsp3) is 0.700. The molecule has 0 saturated heterocycles. The first-order valence-corrected chi connectivity index (χ1v) is 6.22. The fourth-order valence-corrected chi connectivity index (χ4v) is 1.96. The van der Waals surface area contributed by atoms with Gasteiger partial charge in [-0.05, 0) is 32.3 Å². The Morgan fingerprint density at radius 2 is 2.14 bits per heavy atom. The highest BCUT2D eigenvalue weighted by atomic mass is 32.2. The number of hydrogen-bond acceptors (Lipinski definition) is 3. The van der Waals surface area contributed by atoms with Crippen LogP contribution in [0.2, 0.25) is 0 Å². The average Bonchev–Trinajstić information content (AvgIpc) is 2.42. The normalized spacial score (nSPS) is 10.9. The Balaban J connectivity index is 2.68. The fourth-order valence-electron chi connectivity index (χ4n) is 1.54. The number of aryl methyl sites for hydroxylation is 2. The highest BCUT2D eigenvalue weighted by molar-refractivity contribution is 7.98. The van der Waals surface area contributed by atoms with E-state index in [0.29, 0.717) is 0 Å². The van der Waals surface area contributed by atoms with Gasteiger partial charge in [-0.15, -0.1) is 0 Å². The van der Waals surface area contributed by atoms with Gasteiger partial charge in [0, 0.05) is 17.8 Å². The predicted octanol–water partition coefficient (Wildman–Crippen LogP) is 1.75. The molecule has 1 N–H and O–H groups in total. The van der Waals surface area contributed by atoms with Crippen molar-refractivity contribution in [1.82, 2.24) is 9.78 Å². The van der Waals surface area contributed by atoms with Crippen molar-refractivity contribution in [3.8, 4) is 0 Å². The van der Waals surface area contributed by atoms with Gasteiger partial charge in [-0.25, -0.2) is 0 Å². The SMILES string of the molecule is CSCCCn1nc(C)c(CO)c1C. The summed E-state index contributed by atoms with van der Waals surface area (Å²) in [6, 6.07) is 0. The van der Waals surface area contributed by atoms with Crippen LogP contribution < -0.4 is 0 Å². The number of hydrogen-bond donors (Lipinski definition) is 1. The van der Waals surface area contributed by atoms with Crippen LogP contribution in [0.1, 0.15) is 23.4 Å². The van der Waals surface area contributed by atoms with E-state index in [2.05, 4.69) is 11.4 Å². The Morgan fingerprint density at radius 1 is 1.43 bits per heavy atom. The molecule has 0 aromatic carbocycles. The smallest absolute Gasteiger partial charge is 0.0718 e. The van der Waals surface area contributed by atoms with Crippen LogP contribution in [0.3, 0.4) is 0 Å². The van der Waals surface area contributed by atoms with Gasteiger partial charge >= 0.3 is 0 Å². The third-order valence-corrected chi connectivity index (χ3v) is 3.10. The number of thioether (sulfide) groups is 1. The van der Waals surface area contributed by atoms with Crippen molar-refractivity contribution in [2.45, 2.75) is 33.4 Å². The first kappa shape index (κ1) is 11.6. The van der Waals surface area contributed by atoms with E-state index in [4.69, 9.17) is 5.11 Å². The molecular formula is C10H18N2OS. The minimum atomic E-state index is 0.0974. The van der Waals surface area contributed by atoms with Crippen molar-refractivity contribution in [3.63, 3.8) is 0 Å². The second kappa shape index (κ2) is 5.41. The average molecular weight is 214 g/mol. The number of aromatic nitrogens is 2. The molecule has 0 aliphatic heterocycles. The molecule has 0 radical (unpaired) electrons. The Morgan fingerprint density at radius 3 is 2.64 bits per heavy atom. The van der Waals surface area contributed by atoms with E-state index < -0.39 is 0 Å². The van der Waals surface area contributed by atoms with Gasteiger partial charge in [0.05, 0.1) is 12.3 Å². The molecule has 80 valence electrons. The molecular weight excluding hydrogens is 196 g/mol. The molecule has 0 saturated carbocycles. The second-order valence-corrected chi connectivity index (χ2v) is 4.36. The molecule has 1 heterocycles. The van der Waals surface area contributed by atoms with Crippen LogP contribution in [0.4, 0.5) is 0 Å². The Kier molecular flexibility index (Phi) is 4.48. The lowest BCUT2D eigenvalue weighted by Crippen LogP contribution is -2.03. The van der Waals surface area contributed by atoms with Gasteiger partial charge in [0.15, 0.2) is 0 Å². The molecule has 0 aliphatic carbocycles. The summed E-state index contributed by atoms with van der Waals surface area (Å²) >= 11 is 1.85. The van der Waals surface area contributed by atoms with E-state index in [0.717, 1.165) is 35.7 Å². The quantitative estimate of drug-likeness (QED) is 0.759. The van der Waals surface area contributed by atoms with Crippen molar-refractivity contribution >= 4 is 11.8 Å². The summed E-state index contributed by atoms with van der Waals surface area (Å²) in [7, 11) is 0. The molecule has 0 bridgehead atoms. The monoisotopic (exact) mass is 214 g/mol. The van der Waals surface area contributed by atoms with Crippen LogP contribution in [-0.2, 0) is 13.2 Å². The summed E-state index contributed by atoms with van der Waals surface area (Å²) in [5.41, 5.74) is 3.04. The van der Waals surface area contributed by atoms with Crippen molar-refractivity contribution in [2.24, 2.45) is 0 Å². The first-order valence-electron chi connectivity index (χ1n) is 4.83. The molecule has 1 aromatic heterocycles. The molecule has 0 fully saturated rings. The zero-order valence-electron chi connectivity index (χ0n) is 9.08. The summed E-state index contributed by atoms with van der Waals surface area (Å²) in [6.07, 6.45) is 3.24. The van der Waals surface area contributed by atoms with Crippen molar-refractivity contribution in [1.29, 1.82) is 0 Å². The van der Waals surface area contributed by atoms with Crippen molar-refractivity contribution < 1.29 is 5.11 Å². The molecule has 14 heavy (non-hydrogen) atoms. The Hall–Kier alpha value is -0.480. The predicted molar refractivity (Wildman–Crippen MR) is 60.6 cm³/mol. The van der Waals surface area contributed by atoms with Crippen molar-refractivity contribution in [3.05, 3.63) is 17.0 Å². The van der Waals surface area contributed by atoms with Gasteiger partial charge in [0.1, 0.15) is 0 Å². The van der Waals surface area contributed by atoms with E-state index >= 15 is 0 Å². The highest BCUT2D eigenvalue weighted by Crippen LogP contribution is 2.13. The number of aliphatic hydroxyl groups is 1. The minimum absolute atomic E-state index is 0.0974. The van der Waals surface area contributed by atoms with Crippen LogP contribution in [0.15, 0.2) is 0 Å². The minimum Gasteiger partial charge on any atom is -0.392 e. The third-order valence-electron chi connectivity index (χ3n) is 2.41. The third kappa shape index (κ3) is 2.51. The van der Waals surface area contributed by atoms with Crippen molar-refractivity contribution in [2.75, 3.05) is 12.0 Å². The van der Waals surface area contributed by atoms with Gasteiger partial charge in [0.2, 0.25) is 0 Å². The maximum absolute atomic E-state index is 9.13. The van der Waals surface area contributed by atoms with Gasteiger partial charge in [0.25, 0.3) is 0 Å². The molecule has 0 aliphatic rings. The summed E-state index contributed by atoms with van der Waals surface area (Å²) < 4.78 is 2.00. The van der Waals surface area contributed by atoms with Crippen LogP contribution in [0.25, 0.3) is 0 Å². The number of aliphatic hydroxyl groups excluding tert-OH is 1. The van der Waals surface area contributed by atoms with Gasteiger partial charge in [-0.2, -0.15) is 16.9 Å². The maximum Gasteiger partial charge on any atom is 0.0718 e. The summed E-state index contributed by atoms with van der Waals surface area (Å²) in [5, 5.41) is 13.5. The van der Waals surface area contributed by atoms with E-state index in [1.54, 1.807) is 0 Å². The highest BCUT2D eigenvalue weighted by Gasteiger charge is 2.09. The number of rotatable bonds is 5. The maximum atomic E-state index is 9.13. The Bertz CT molecular complexity index is 297. The zero-order chi connectivity index (χ0) is 10.6. The standard InChI is InChI=1S/C10H18N2OS/c1-8-10(7-13)9(2)12(11-8)5-4-6-14-3/h13H,4-7H2,1-3H3. The van der Waals surface area contributed by atoms with Crippen LogP contribution in [0.5, 0.6) is 0 Å². The zero-order valence-corrected chi connectivity index (χ0v) is 9.89. The molecule has 0 amide bonds. The van der Waals surface area contributed by atoms with Gasteiger partial charge < -0.3 is 5.11 Å². The Labute approximate surface area is 89.5 Å². The number of nitrogens with zero attached hydrogens (tertiary/aromatic N) is 2. The summed E-state index contributed by atoms with van der Waals surface area (Å²) in [5.74, 6) is 1.16. The summed E-state index contributed by atoms with van der Waals surface area (Å²) in [4.78, 5) is 0. The molecule has 4 heteroatoms. The molecule has 3 nitrogen and oxygen atoms in total. The van der Waals surface area contributed by atoms with E-state index in [1.165, 1.54) is 0 Å². The topological polar surface area (TPSA) is 38.0 Å². The first-order chi connectivity index (χ1) is 6.70. The van der Waals surface area contributed by atoms with Gasteiger partial charge in [-0.3, -0.25) is 4.68 Å². The molecule has 0 atom stereocenters. The van der Waals surface area contributed by atoms with E-state index in [-0.39, 0.29) is 6.61 Å².